The van der Waals surface area contributed by atoms with Crippen LogP contribution in [0, 0.1) is 0 Å². The maximum absolute atomic E-state index is 10.4. The van der Waals surface area contributed by atoms with Crippen LogP contribution in [0.3, 0.4) is 0 Å². The lowest BCUT2D eigenvalue weighted by molar-refractivity contribution is -0.138. The number of ether oxygens (including phenoxy) is 1. The van der Waals surface area contributed by atoms with Crippen LogP contribution < -0.4 is 16.8 Å². The van der Waals surface area contributed by atoms with Crippen LogP contribution in [0.25, 0.3) is 0 Å². The Hall–Kier alpha value is -2.83. The van der Waals surface area contributed by atoms with E-state index in [1.807, 2.05) is 30.3 Å². The molecule has 7 nitrogen and oxygen atoms in total. The average Bonchev–Trinajstić information content (AvgIpc) is 2.41. The number of hydrogen-bond donors (Lipinski definition) is 3. The van der Waals surface area contributed by atoms with Crippen LogP contribution in [-0.4, -0.2) is 25.0 Å². The van der Waals surface area contributed by atoms with Gasteiger partial charge in [0.1, 0.15) is 0 Å². The molecule has 5 N–H and O–H groups in total. The summed E-state index contributed by atoms with van der Waals surface area (Å²) in [6, 6.07) is 8.66. The Morgan fingerprint density at radius 2 is 1.86 bits per heavy atom. The molecule has 3 amide bonds. The fourth-order valence-corrected chi connectivity index (χ4v) is 0.765. The summed E-state index contributed by atoms with van der Waals surface area (Å²) in [6.07, 6.45) is 0.225. The molecule has 0 radical (unpaired) electrons. The maximum Gasteiger partial charge on any atom is 0.333 e. The van der Waals surface area contributed by atoms with E-state index in [4.69, 9.17) is 5.73 Å². The minimum Gasteiger partial charge on any atom is -0.463 e. The lowest BCUT2D eigenvalue weighted by Gasteiger charge is -1.96. The smallest absolute Gasteiger partial charge is 0.333 e. The van der Waals surface area contributed by atoms with E-state index in [2.05, 4.69) is 17.0 Å². The third-order valence-electron chi connectivity index (χ3n) is 1.62. The fourth-order valence-electron chi connectivity index (χ4n) is 0.765. The van der Waals surface area contributed by atoms with E-state index in [1.54, 1.807) is 19.2 Å². The largest absolute Gasteiger partial charge is 0.463 e. The molecule has 0 aliphatic rings. The number of para-hydroxylation sites is 1. The Morgan fingerprint density at radius 1 is 1.33 bits per heavy atom. The number of rotatable bonds is 3. The van der Waals surface area contributed by atoms with Crippen LogP contribution in [0.2, 0.25) is 0 Å². The lowest BCUT2D eigenvalue weighted by atomic mass is 10.3. The number of benzene rings is 1. The number of hydrogen-bond acceptors (Lipinski definition) is 5. The van der Waals surface area contributed by atoms with E-state index in [1.165, 1.54) is 0 Å². The number of imide groups is 1. The van der Waals surface area contributed by atoms with Crippen molar-refractivity contribution in [3.8, 4) is 0 Å². The molecule has 21 heavy (non-hydrogen) atoms. The molecule has 0 aliphatic heterocycles. The number of carbonyl (C=O) groups excluding carboxylic acids is 3. The molecule has 0 aliphatic carbocycles. The highest BCUT2D eigenvalue weighted by Crippen LogP contribution is 1.95. The van der Waals surface area contributed by atoms with Gasteiger partial charge in [-0.15, -0.1) is 0 Å². The summed E-state index contributed by atoms with van der Waals surface area (Å²) in [5.74, 6) is -0.312. The van der Waals surface area contributed by atoms with E-state index in [-0.39, 0.29) is 12.4 Å². The molecule has 1 aromatic rings. The van der Waals surface area contributed by atoms with Gasteiger partial charge in [0.2, 0.25) is 6.41 Å². The molecule has 0 atom stereocenters. The van der Waals surface area contributed by atoms with Crippen molar-refractivity contribution >= 4 is 24.1 Å². The highest BCUT2D eigenvalue weighted by molar-refractivity contribution is 5.86. The minimum atomic E-state index is -0.829. The fraction of sp³-hybridized carbons (Fsp3) is 0.214. The monoisotopic (exact) mass is 295 g/mol. The van der Waals surface area contributed by atoms with Crippen molar-refractivity contribution in [2.75, 3.05) is 12.3 Å². The van der Waals surface area contributed by atoms with Crippen molar-refractivity contribution in [3.63, 3.8) is 0 Å². The molecular weight excluding hydrogens is 274 g/mol. The van der Waals surface area contributed by atoms with Gasteiger partial charge >= 0.3 is 12.0 Å². The molecule has 1 rings (SSSR count). The number of nitrogens with one attached hydrogen (secondary N) is 1. The van der Waals surface area contributed by atoms with Gasteiger partial charge in [-0.3, -0.25) is 10.1 Å². The number of primary amides is 1. The summed E-state index contributed by atoms with van der Waals surface area (Å²) in [6.45, 7) is 7.21. The Bertz CT molecular complexity index is 447. The molecule has 0 heterocycles. The number of nitrogen functional groups attached to an aromatic ring is 1. The van der Waals surface area contributed by atoms with Crippen molar-refractivity contribution in [1.82, 2.24) is 5.32 Å². The zero-order valence-electron chi connectivity index (χ0n) is 12.2. The van der Waals surface area contributed by atoms with Gasteiger partial charge < -0.3 is 16.2 Å². The Morgan fingerprint density at radius 3 is 2.00 bits per heavy atom. The van der Waals surface area contributed by atoms with Crippen LogP contribution in [0.15, 0.2) is 42.5 Å². The van der Waals surface area contributed by atoms with Gasteiger partial charge in [-0.25, -0.2) is 9.59 Å². The van der Waals surface area contributed by atoms with Crippen LogP contribution in [-0.2, 0) is 14.3 Å². The van der Waals surface area contributed by atoms with Gasteiger partial charge in [0, 0.05) is 11.3 Å². The Kier molecular flexibility index (Phi) is 13.3. The van der Waals surface area contributed by atoms with Crippen molar-refractivity contribution in [1.29, 1.82) is 0 Å². The first-order valence-electron chi connectivity index (χ1n) is 5.97. The van der Waals surface area contributed by atoms with Crippen LogP contribution in [0.4, 0.5) is 10.5 Å². The van der Waals surface area contributed by atoms with Gasteiger partial charge in [-0.2, -0.15) is 0 Å². The first-order valence-corrected chi connectivity index (χ1v) is 5.97. The number of carbonyl (C=O) groups is 3. The van der Waals surface area contributed by atoms with E-state index in [0.717, 1.165) is 5.69 Å². The topological polar surface area (TPSA) is 125 Å². The minimum absolute atomic E-state index is 0.225. The molecule has 1 aromatic carbocycles. The second kappa shape index (κ2) is 13.6. The first kappa shape index (κ1) is 20.5. The van der Waals surface area contributed by atoms with Crippen LogP contribution in [0.5, 0.6) is 0 Å². The van der Waals surface area contributed by atoms with Gasteiger partial charge in [0.25, 0.3) is 0 Å². The summed E-state index contributed by atoms with van der Waals surface area (Å²) in [5.41, 5.74) is 11.1. The first-order chi connectivity index (χ1) is 9.84. The normalized spacial score (nSPS) is 7.90. The quantitative estimate of drug-likeness (QED) is 0.334. The predicted octanol–water partition coefficient (Wildman–Crippen LogP) is 1.21. The second-order valence-corrected chi connectivity index (χ2v) is 3.54. The molecule has 0 saturated heterocycles. The third-order valence-corrected chi connectivity index (χ3v) is 1.62. The SMILES string of the molecule is C=C(C)C(=O)OCC.NC(=O)NC=O.Nc1ccccc1. The van der Waals surface area contributed by atoms with E-state index in [9.17, 15) is 14.4 Å². The number of esters is 1. The zero-order valence-corrected chi connectivity index (χ0v) is 12.2. The molecule has 0 aromatic heterocycles. The number of urea groups is 1. The molecule has 0 saturated carbocycles. The van der Waals surface area contributed by atoms with Gasteiger partial charge in [-0.05, 0) is 26.0 Å². The summed E-state index contributed by atoms with van der Waals surface area (Å²) in [5, 5.41) is 1.67. The van der Waals surface area contributed by atoms with E-state index >= 15 is 0 Å². The van der Waals surface area contributed by atoms with Crippen molar-refractivity contribution in [3.05, 3.63) is 42.5 Å². The summed E-state index contributed by atoms with van der Waals surface area (Å²) in [7, 11) is 0. The molecule has 0 unspecified atom stereocenters. The van der Waals surface area contributed by atoms with Crippen LogP contribution >= 0.6 is 0 Å². The van der Waals surface area contributed by atoms with E-state index < -0.39 is 6.03 Å². The number of anilines is 1. The predicted molar refractivity (Wildman–Crippen MR) is 81.1 cm³/mol. The molecule has 0 spiro atoms. The standard InChI is InChI=1S/C6H7N.C6H10O2.C2H4N2O2/c7-6-4-2-1-3-5-6;1-4-8-6(7)5(2)3;3-2(6)4-1-5/h1-5H,7H2;2,4H2,1,3H3;1H,(H3,3,4,5,6). The van der Waals surface area contributed by atoms with Gasteiger partial charge in [-0.1, -0.05) is 24.8 Å². The lowest BCUT2D eigenvalue weighted by Crippen LogP contribution is -2.27. The second-order valence-electron chi connectivity index (χ2n) is 3.54. The average molecular weight is 295 g/mol. The highest BCUT2D eigenvalue weighted by atomic mass is 16.5. The zero-order chi connectivity index (χ0) is 16.7. The molecule has 0 fully saturated rings. The Balaban J connectivity index is 0. The van der Waals surface area contributed by atoms with Crippen molar-refractivity contribution in [2.24, 2.45) is 5.73 Å². The molecule has 7 heteroatoms. The van der Waals surface area contributed by atoms with Crippen molar-refractivity contribution < 1.29 is 19.1 Å². The highest BCUT2D eigenvalue weighted by Gasteiger charge is 1.98. The van der Waals surface area contributed by atoms with Crippen LogP contribution in [0.1, 0.15) is 13.8 Å². The number of amides is 3. The summed E-state index contributed by atoms with van der Waals surface area (Å²) in [4.78, 5) is 29.1. The Labute approximate surface area is 124 Å². The van der Waals surface area contributed by atoms with E-state index in [0.29, 0.717) is 12.2 Å². The molecular formula is C14H21N3O4. The number of nitrogens with two attached hydrogens (primary N) is 2. The van der Waals surface area contributed by atoms with Gasteiger partial charge in [0.05, 0.1) is 6.61 Å². The third kappa shape index (κ3) is 17.2. The van der Waals surface area contributed by atoms with Crippen molar-refractivity contribution in [2.45, 2.75) is 13.8 Å². The summed E-state index contributed by atoms with van der Waals surface area (Å²) < 4.78 is 4.56. The van der Waals surface area contributed by atoms with Gasteiger partial charge in [0.15, 0.2) is 0 Å². The molecule has 0 bridgehead atoms. The maximum atomic E-state index is 10.4. The molecule has 116 valence electrons. The summed E-state index contributed by atoms with van der Waals surface area (Å²) >= 11 is 0.